The SMILES string of the molecule is O=C(CCn1ncc2ccccc21)NC1(c2ccc(F)cc2)CCCC1. The minimum absolute atomic E-state index is 0.0100. The molecule has 0 saturated heterocycles. The molecule has 4 nitrogen and oxygen atoms in total. The number of para-hydroxylation sites is 1. The fraction of sp³-hybridized carbons (Fsp3) is 0.333. The Hall–Kier alpha value is -2.69. The Kier molecular flexibility index (Phi) is 4.45. The zero-order valence-electron chi connectivity index (χ0n) is 14.6. The number of carbonyl (C=O) groups is 1. The molecule has 1 aliphatic carbocycles. The van der Waals surface area contributed by atoms with Crippen LogP contribution in [0.4, 0.5) is 4.39 Å². The largest absolute Gasteiger partial charge is 0.347 e. The Morgan fingerprint density at radius 3 is 2.62 bits per heavy atom. The lowest BCUT2D eigenvalue weighted by atomic mass is 9.88. The van der Waals surface area contributed by atoms with Crippen molar-refractivity contribution in [3.8, 4) is 0 Å². The number of fused-ring (bicyclic) bond motifs is 1. The van der Waals surface area contributed by atoms with Crippen molar-refractivity contribution in [1.29, 1.82) is 0 Å². The topological polar surface area (TPSA) is 46.9 Å². The Morgan fingerprint density at radius 2 is 1.85 bits per heavy atom. The van der Waals surface area contributed by atoms with Crippen LogP contribution in [-0.4, -0.2) is 15.7 Å². The molecule has 1 aromatic heterocycles. The van der Waals surface area contributed by atoms with Gasteiger partial charge in [0, 0.05) is 11.8 Å². The first-order chi connectivity index (χ1) is 12.7. The second kappa shape index (κ2) is 6.90. The van der Waals surface area contributed by atoms with Crippen molar-refractivity contribution in [3.05, 3.63) is 66.1 Å². The number of aromatic nitrogens is 2. The molecule has 0 radical (unpaired) electrons. The molecule has 2 aromatic carbocycles. The maximum absolute atomic E-state index is 13.3. The van der Waals surface area contributed by atoms with E-state index in [1.165, 1.54) is 12.1 Å². The molecule has 0 unspecified atom stereocenters. The highest BCUT2D eigenvalue weighted by atomic mass is 19.1. The molecule has 1 fully saturated rings. The van der Waals surface area contributed by atoms with Crippen LogP contribution in [0.3, 0.4) is 0 Å². The van der Waals surface area contributed by atoms with Gasteiger partial charge in [0.05, 0.1) is 23.8 Å². The molecule has 3 aromatic rings. The van der Waals surface area contributed by atoms with Gasteiger partial charge in [0.1, 0.15) is 5.82 Å². The van der Waals surface area contributed by atoms with E-state index in [0.717, 1.165) is 42.1 Å². The lowest BCUT2D eigenvalue weighted by molar-refractivity contribution is -0.123. The first-order valence-corrected chi connectivity index (χ1v) is 9.14. The molecule has 5 heteroatoms. The number of hydrogen-bond donors (Lipinski definition) is 1. The van der Waals surface area contributed by atoms with E-state index in [1.54, 1.807) is 12.1 Å². The van der Waals surface area contributed by atoms with Crippen LogP contribution in [0, 0.1) is 5.82 Å². The van der Waals surface area contributed by atoms with E-state index in [-0.39, 0.29) is 17.3 Å². The Bertz CT molecular complexity index is 910. The Morgan fingerprint density at radius 1 is 1.12 bits per heavy atom. The minimum atomic E-state index is -0.364. The Labute approximate surface area is 152 Å². The minimum Gasteiger partial charge on any atom is -0.347 e. The fourth-order valence-electron chi connectivity index (χ4n) is 3.97. The number of nitrogens with one attached hydrogen (secondary N) is 1. The first-order valence-electron chi connectivity index (χ1n) is 9.14. The number of halogens is 1. The summed E-state index contributed by atoms with van der Waals surface area (Å²) in [7, 11) is 0. The lowest BCUT2D eigenvalue weighted by Crippen LogP contribution is -2.44. The third kappa shape index (κ3) is 3.21. The molecular weight excluding hydrogens is 329 g/mol. The van der Waals surface area contributed by atoms with Crippen LogP contribution in [0.25, 0.3) is 10.9 Å². The van der Waals surface area contributed by atoms with E-state index in [4.69, 9.17) is 0 Å². The fourth-order valence-corrected chi connectivity index (χ4v) is 3.97. The van der Waals surface area contributed by atoms with E-state index in [0.29, 0.717) is 13.0 Å². The van der Waals surface area contributed by atoms with Gasteiger partial charge < -0.3 is 5.32 Å². The summed E-state index contributed by atoms with van der Waals surface area (Å²) in [5.74, 6) is -0.241. The summed E-state index contributed by atoms with van der Waals surface area (Å²) in [5, 5.41) is 8.69. The molecule has 1 saturated carbocycles. The predicted molar refractivity (Wildman–Crippen MR) is 99.0 cm³/mol. The van der Waals surface area contributed by atoms with Crippen molar-refractivity contribution >= 4 is 16.8 Å². The highest BCUT2D eigenvalue weighted by Crippen LogP contribution is 2.38. The Balaban J connectivity index is 1.46. The summed E-state index contributed by atoms with van der Waals surface area (Å²) in [6.45, 7) is 0.541. The van der Waals surface area contributed by atoms with Crippen molar-refractivity contribution < 1.29 is 9.18 Å². The van der Waals surface area contributed by atoms with Crippen LogP contribution >= 0.6 is 0 Å². The molecular formula is C21H22FN3O. The van der Waals surface area contributed by atoms with Gasteiger partial charge in [0.25, 0.3) is 0 Å². The maximum Gasteiger partial charge on any atom is 0.222 e. The molecule has 0 spiro atoms. The summed E-state index contributed by atoms with van der Waals surface area (Å²) >= 11 is 0. The van der Waals surface area contributed by atoms with Gasteiger partial charge in [-0.05, 0) is 36.6 Å². The monoisotopic (exact) mass is 351 g/mol. The van der Waals surface area contributed by atoms with Crippen molar-refractivity contribution in [3.63, 3.8) is 0 Å². The zero-order chi connectivity index (χ0) is 18.0. The van der Waals surface area contributed by atoms with Crippen LogP contribution in [0.15, 0.2) is 54.7 Å². The summed E-state index contributed by atoms with van der Waals surface area (Å²) < 4.78 is 15.1. The van der Waals surface area contributed by atoms with E-state index in [2.05, 4.69) is 10.4 Å². The molecule has 1 N–H and O–H groups in total. The van der Waals surface area contributed by atoms with E-state index < -0.39 is 0 Å². The van der Waals surface area contributed by atoms with E-state index >= 15 is 0 Å². The highest BCUT2D eigenvalue weighted by molar-refractivity contribution is 5.79. The van der Waals surface area contributed by atoms with E-state index in [9.17, 15) is 9.18 Å². The number of benzene rings is 2. The van der Waals surface area contributed by atoms with Crippen LogP contribution < -0.4 is 5.32 Å². The van der Waals surface area contributed by atoms with Gasteiger partial charge in [0.15, 0.2) is 0 Å². The van der Waals surface area contributed by atoms with Crippen molar-refractivity contribution in [2.45, 2.75) is 44.2 Å². The molecule has 26 heavy (non-hydrogen) atoms. The number of hydrogen-bond acceptors (Lipinski definition) is 2. The van der Waals surface area contributed by atoms with Gasteiger partial charge in [0.2, 0.25) is 5.91 Å². The van der Waals surface area contributed by atoms with Gasteiger partial charge in [-0.2, -0.15) is 5.10 Å². The van der Waals surface area contributed by atoms with Crippen LogP contribution in [0.1, 0.15) is 37.7 Å². The summed E-state index contributed by atoms with van der Waals surface area (Å²) in [6, 6.07) is 14.5. The summed E-state index contributed by atoms with van der Waals surface area (Å²) in [4.78, 5) is 12.6. The molecule has 134 valence electrons. The average Bonchev–Trinajstić information content (AvgIpc) is 3.28. The summed E-state index contributed by atoms with van der Waals surface area (Å²) in [5.41, 5.74) is 1.67. The molecule has 0 aliphatic heterocycles. The molecule has 1 heterocycles. The molecule has 1 aliphatic rings. The third-order valence-corrected chi connectivity index (χ3v) is 5.33. The second-order valence-corrected chi connectivity index (χ2v) is 7.02. The smallest absolute Gasteiger partial charge is 0.222 e. The molecule has 1 amide bonds. The van der Waals surface area contributed by atoms with Crippen molar-refractivity contribution in [2.75, 3.05) is 0 Å². The first kappa shape index (κ1) is 16.8. The predicted octanol–water partition coefficient (Wildman–Crippen LogP) is 4.15. The zero-order valence-corrected chi connectivity index (χ0v) is 14.6. The van der Waals surface area contributed by atoms with Crippen molar-refractivity contribution in [1.82, 2.24) is 15.1 Å². The molecule has 0 atom stereocenters. The standard InChI is InChI=1S/C21H22FN3O/c22-18-9-7-17(8-10-18)21(12-3-4-13-21)24-20(26)11-14-25-19-6-2-1-5-16(19)15-23-25/h1-2,5-10,15H,3-4,11-14H2,(H,24,26). The van der Waals surface area contributed by atoms with Crippen LogP contribution in [0.2, 0.25) is 0 Å². The third-order valence-electron chi connectivity index (χ3n) is 5.33. The number of nitrogens with zero attached hydrogens (tertiary/aromatic N) is 2. The normalized spacial score (nSPS) is 16.0. The van der Waals surface area contributed by atoms with Gasteiger partial charge >= 0.3 is 0 Å². The van der Waals surface area contributed by atoms with Crippen molar-refractivity contribution in [2.24, 2.45) is 0 Å². The van der Waals surface area contributed by atoms with Gasteiger partial charge in [-0.15, -0.1) is 0 Å². The van der Waals surface area contributed by atoms with E-state index in [1.807, 2.05) is 35.1 Å². The van der Waals surface area contributed by atoms with Gasteiger partial charge in [-0.3, -0.25) is 9.48 Å². The van der Waals surface area contributed by atoms with Gasteiger partial charge in [-0.1, -0.05) is 43.2 Å². The van der Waals surface area contributed by atoms with Crippen LogP contribution in [0.5, 0.6) is 0 Å². The molecule has 4 rings (SSSR count). The number of amides is 1. The number of aryl methyl sites for hydroxylation is 1. The summed E-state index contributed by atoms with van der Waals surface area (Å²) in [6.07, 6.45) is 6.13. The van der Waals surface area contributed by atoms with Crippen LogP contribution in [-0.2, 0) is 16.9 Å². The number of carbonyl (C=O) groups excluding carboxylic acids is 1. The quantitative estimate of drug-likeness (QED) is 0.750. The van der Waals surface area contributed by atoms with Gasteiger partial charge in [-0.25, -0.2) is 4.39 Å². The lowest BCUT2D eigenvalue weighted by Gasteiger charge is -2.31. The average molecular weight is 351 g/mol. The molecule has 0 bridgehead atoms. The maximum atomic E-state index is 13.3. The number of rotatable bonds is 5. The highest BCUT2D eigenvalue weighted by Gasteiger charge is 2.36. The second-order valence-electron chi connectivity index (χ2n) is 7.02.